The van der Waals surface area contributed by atoms with Gasteiger partial charge in [0.15, 0.2) is 5.69 Å². The number of hydrogen-bond donors (Lipinski definition) is 1. The Morgan fingerprint density at radius 3 is 2.83 bits per heavy atom. The monoisotopic (exact) mass is 407 g/mol. The Morgan fingerprint density at radius 2 is 2.03 bits per heavy atom. The maximum absolute atomic E-state index is 13.3. The molecule has 0 bridgehead atoms. The maximum atomic E-state index is 13.3. The van der Waals surface area contributed by atoms with Crippen LogP contribution in [0.5, 0.6) is 5.75 Å². The fourth-order valence-electron chi connectivity index (χ4n) is 2.81. The van der Waals surface area contributed by atoms with Gasteiger partial charge in [-0.1, -0.05) is 41.6 Å². The van der Waals surface area contributed by atoms with Gasteiger partial charge < -0.3 is 9.26 Å². The summed E-state index contributed by atoms with van der Waals surface area (Å²) in [5.74, 6) is -0.0252. The molecule has 8 nitrogen and oxygen atoms in total. The molecule has 4 aromatic rings. The Morgan fingerprint density at radius 1 is 1.20 bits per heavy atom. The molecule has 30 heavy (non-hydrogen) atoms. The minimum absolute atomic E-state index is 0.00256. The van der Waals surface area contributed by atoms with E-state index in [-0.39, 0.29) is 18.2 Å². The second-order valence-electron chi connectivity index (χ2n) is 6.52. The molecule has 9 heteroatoms. The number of halogens is 1. The van der Waals surface area contributed by atoms with E-state index < -0.39 is 11.7 Å². The van der Waals surface area contributed by atoms with Crippen molar-refractivity contribution in [2.24, 2.45) is 0 Å². The summed E-state index contributed by atoms with van der Waals surface area (Å²) in [4.78, 5) is 16.7. The molecule has 2 aromatic heterocycles. The Labute approximate surface area is 171 Å². The molecule has 0 aliphatic heterocycles. The summed E-state index contributed by atoms with van der Waals surface area (Å²) in [5, 5.41) is 10.7. The van der Waals surface area contributed by atoms with E-state index in [1.165, 1.54) is 24.5 Å². The minimum Gasteiger partial charge on any atom is -0.489 e. The number of rotatable bonds is 7. The molecule has 0 aliphatic rings. The van der Waals surface area contributed by atoms with Gasteiger partial charge >= 0.3 is 0 Å². The third-order valence-corrected chi connectivity index (χ3v) is 4.33. The van der Waals surface area contributed by atoms with E-state index in [2.05, 4.69) is 20.6 Å². The molecular weight excluding hydrogens is 389 g/mol. The summed E-state index contributed by atoms with van der Waals surface area (Å²) in [5.41, 5.74) is 1.58. The van der Waals surface area contributed by atoms with Crippen LogP contribution in [0.1, 0.15) is 27.4 Å². The van der Waals surface area contributed by atoms with E-state index in [0.29, 0.717) is 23.6 Å². The number of carbonyl (C=O) groups excluding carboxylic acids is 1. The zero-order chi connectivity index (χ0) is 20.9. The van der Waals surface area contributed by atoms with E-state index >= 15 is 0 Å². The second kappa shape index (κ2) is 8.56. The van der Waals surface area contributed by atoms with Crippen LogP contribution in [0.15, 0.2) is 65.4 Å². The van der Waals surface area contributed by atoms with Crippen LogP contribution in [0.4, 0.5) is 10.3 Å². The lowest BCUT2D eigenvalue weighted by atomic mass is 10.2. The normalized spacial score (nSPS) is 10.7. The molecule has 0 unspecified atom stereocenters. The van der Waals surface area contributed by atoms with Gasteiger partial charge in [-0.25, -0.2) is 14.1 Å². The molecule has 0 radical (unpaired) electrons. The number of amides is 1. The fraction of sp³-hybridized carbons (Fsp3) is 0.143. The summed E-state index contributed by atoms with van der Waals surface area (Å²) in [6, 6.07) is 15.5. The van der Waals surface area contributed by atoms with Crippen LogP contribution in [0.3, 0.4) is 0 Å². The van der Waals surface area contributed by atoms with Gasteiger partial charge in [0.25, 0.3) is 5.91 Å². The number of nitrogens with zero attached hydrogens (tertiary/aromatic N) is 4. The van der Waals surface area contributed by atoms with Crippen molar-refractivity contribution in [3.05, 3.63) is 89.3 Å². The second-order valence-corrected chi connectivity index (χ2v) is 6.52. The van der Waals surface area contributed by atoms with Gasteiger partial charge in [0.1, 0.15) is 30.3 Å². The van der Waals surface area contributed by atoms with E-state index in [4.69, 9.17) is 9.26 Å². The number of anilines is 1. The van der Waals surface area contributed by atoms with E-state index in [1.807, 2.05) is 30.3 Å². The highest BCUT2D eigenvalue weighted by Crippen LogP contribution is 2.19. The van der Waals surface area contributed by atoms with E-state index in [9.17, 15) is 9.18 Å². The maximum Gasteiger partial charge on any atom is 0.280 e. The highest BCUT2D eigenvalue weighted by molar-refractivity contribution is 6.02. The molecular formula is C21H18FN5O3. The first-order valence-corrected chi connectivity index (χ1v) is 9.17. The first kappa shape index (κ1) is 19.3. The van der Waals surface area contributed by atoms with Gasteiger partial charge in [0.2, 0.25) is 5.95 Å². The molecule has 0 saturated carbocycles. The Bertz CT molecular complexity index is 1160. The average molecular weight is 407 g/mol. The minimum atomic E-state index is -0.526. The number of nitrogens with one attached hydrogen (secondary N) is 1. The molecule has 1 N–H and O–H groups in total. The van der Waals surface area contributed by atoms with Crippen molar-refractivity contribution < 1.29 is 18.4 Å². The lowest BCUT2D eigenvalue weighted by Gasteiger charge is -2.06. The van der Waals surface area contributed by atoms with Crippen molar-refractivity contribution in [2.45, 2.75) is 20.1 Å². The van der Waals surface area contributed by atoms with Crippen molar-refractivity contribution in [3.63, 3.8) is 0 Å². The van der Waals surface area contributed by atoms with Crippen LogP contribution in [0.25, 0.3) is 0 Å². The van der Waals surface area contributed by atoms with E-state index in [1.54, 1.807) is 17.7 Å². The van der Waals surface area contributed by atoms with Gasteiger partial charge in [-0.05, 0) is 24.6 Å². The van der Waals surface area contributed by atoms with Crippen molar-refractivity contribution in [3.8, 4) is 5.75 Å². The molecule has 4 rings (SSSR count). The number of aromatic nitrogens is 4. The van der Waals surface area contributed by atoms with Crippen LogP contribution in [-0.4, -0.2) is 25.8 Å². The van der Waals surface area contributed by atoms with Crippen molar-refractivity contribution in [1.82, 2.24) is 19.9 Å². The largest absolute Gasteiger partial charge is 0.489 e. The van der Waals surface area contributed by atoms with Gasteiger partial charge in [0.05, 0.1) is 12.1 Å². The number of aryl methyl sites for hydroxylation is 1. The highest BCUT2D eigenvalue weighted by atomic mass is 19.1. The van der Waals surface area contributed by atoms with Crippen LogP contribution >= 0.6 is 0 Å². The van der Waals surface area contributed by atoms with Gasteiger partial charge in [0, 0.05) is 6.07 Å². The fourth-order valence-corrected chi connectivity index (χ4v) is 2.81. The molecule has 0 fully saturated rings. The van der Waals surface area contributed by atoms with Crippen LogP contribution < -0.4 is 10.1 Å². The first-order chi connectivity index (χ1) is 14.6. The number of benzene rings is 2. The van der Waals surface area contributed by atoms with E-state index in [0.717, 1.165) is 5.56 Å². The zero-order valence-corrected chi connectivity index (χ0v) is 16.1. The molecule has 152 valence electrons. The topological polar surface area (TPSA) is 95.1 Å². The van der Waals surface area contributed by atoms with Crippen LogP contribution in [0, 0.1) is 12.7 Å². The lowest BCUT2D eigenvalue weighted by molar-refractivity contribution is 0.101. The Balaban J connectivity index is 1.43. The van der Waals surface area contributed by atoms with Crippen molar-refractivity contribution >= 4 is 11.9 Å². The summed E-state index contributed by atoms with van der Waals surface area (Å²) < 4.78 is 25.6. The lowest BCUT2D eigenvalue weighted by Crippen LogP contribution is -2.16. The van der Waals surface area contributed by atoms with Crippen molar-refractivity contribution in [2.75, 3.05) is 5.32 Å². The number of hydrogen-bond acceptors (Lipinski definition) is 6. The summed E-state index contributed by atoms with van der Waals surface area (Å²) in [6.07, 6.45) is 1.53. The SMILES string of the molecule is Cc1onc(C(=O)Nc2ncn(Cc3ccccc3)n2)c1COc1cccc(F)c1. The predicted octanol–water partition coefficient (Wildman–Crippen LogP) is 3.59. The Hall–Kier alpha value is -4.01. The summed E-state index contributed by atoms with van der Waals surface area (Å²) >= 11 is 0. The third kappa shape index (κ3) is 4.52. The van der Waals surface area contributed by atoms with Gasteiger partial charge in [-0.2, -0.15) is 0 Å². The smallest absolute Gasteiger partial charge is 0.280 e. The molecule has 2 heterocycles. The summed E-state index contributed by atoms with van der Waals surface area (Å²) in [7, 11) is 0. The number of carbonyl (C=O) groups is 1. The molecule has 0 atom stereocenters. The molecule has 0 spiro atoms. The van der Waals surface area contributed by atoms with Crippen molar-refractivity contribution in [1.29, 1.82) is 0 Å². The molecule has 2 aromatic carbocycles. The molecule has 0 saturated heterocycles. The summed E-state index contributed by atoms with van der Waals surface area (Å²) in [6.45, 7) is 2.19. The zero-order valence-electron chi connectivity index (χ0n) is 16.1. The standard InChI is InChI=1S/C21H18FN5O3/c1-14-18(12-29-17-9-5-8-16(22)10-17)19(26-30-14)20(28)24-21-23-13-27(25-21)11-15-6-3-2-4-7-15/h2-10,13H,11-12H2,1H3,(H,24,25,28). The van der Waals surface area contributed by atoms with Gasteiger partial charge in [-0.3, -0.25) is 10.1 Å². The average Bonchev–Trinajstić information content (AvgIpc) is 3.33. The predicted molar refractivity (Wildman–Crippen MR) is 105 cm³/mol. The third-order valence-electron chi connectivity index (χ3n) is 4.33. The molecule has 0 aliphatic carbocycles. The number of ether oxygens (including phenoxy) is 1. The Kier molecular flexibility index (Phi) is 5.51. The first-order valence-electron chi connectivity index (χ1n) is 9.17. The van der Waals surface area contributed by atoms with Crippen LogP contribution in [-0.2, 0) is 13.2 Å². The van der Waals surface area contributed by atoms with Gasteiger partial charge in [-0.15, -0.1) is 5.10 Å². The van der Waals surface area contributed by atoms with Crippen LogP contribution in [0.2, 0.25) is 0 Å². The molecule has 1 amide bonds. The highest BCUT2D eigenvalue weighted by Gasteiger charge is 2.21. The quantitative estimate of drug-likeness (QED) is 0.503.